The molecule has 3 aliphatic rings. The molecule has 0 N–H and O–H groups in total. The van der Waals surface area contributed by atoms with E-state index in [9.17, 15) is 0 Å². The molecular weight excluding hydrogens is 370 g/mol. The first-order valence-electron chi connectivity index (χ1n) is 9.42. The first-order chi connectivity index (χ1) is 9.73. The summed E-state index contributed by atoms with van der Waals surface area (Å²) in [6.07, 6.45) is 18.1. The number of rotatable bonds is 6. The number of halogens is 1. The third-order valence-corrected chi connectivity index (χ3v) is 20.7. The molecule has 0 nitrogen and oxygen atoms in total. The van der Waals surface area contributed by atoms with E-state index in [0.29, 0.717) is 0 Å². The van der Waals surface area contributed by atoms with E-state index >= 15 is 0 Å². The van der Waals surface area contributed by atoms with Crippen molar-refractivity contribution in [1.82, 2.24) is 0 Å². The Morgan fingerprint density at radius 3 is 1.05 bits per heavy atom. The molecule has 3 fully saturated rings. The Morgan fingerprint density at radius 2 is 0.800 bits per heavy atom. The Kier molecular flexibility index (Phi) is 6.05. The van der Waals surface area contributed by atoms with Gasteiger partial charge in [-0.25, -0.2) is 0 Å². The molecule has 20 heavy (non-hydrogen) atoms. The van der Waals surface area contributed by atoms with Crippen molar-refractivity contribution < 1.29 is 0 Å². The molecule has 0 saturated heterocycles. The molecule has 0 atom stereocenters. The molecule has 0 heterocycles. The van der Waals surface area contributed by atoms with Gasteiger partial charge in [-0.2, -0.15) is 0 Å². The summed E-state index contributed by atoms with van der Waals surface area (Å²) < 4.78 is 4.63. The van der Waals surface area contributed by atoms with E-state index in [1.807, 2.05) is 0 Å². The van der Waals surface area contributed by atoms with Crippen LogP contribution in [0.3, 0.4) is 0 Å². The van der Waals surface area contributed by atoms with Gasteiger partial charge in [-0.1, -0.05) is 0 Å². The third-order valence-electron chi connectivity index (χ3n) is 6.39. The van der Waals surface area contributed by atoms with Gasteiger partial charge in [-0.15, -0.1) is 0 Å². The van der Waals surface area contributed by atoms with Crippen LogP contribution in [-0.2, 0) is 0 Å². The van der Waals surface area contributed by atoms with Crippen molar-refractivity contribution in [2.24, 2.45) is 17.8 Å². The second-order valence-corrected chi connectivity index (χ2v) is 23.7. The SMILES string of the molecule is [Cl][Sn]([CH2]C1CCCC1)([CH2]C1CCCC1)[CH2]C1CCCC1. The summed E-state index contributed by atoms with van der Waals surface area (Å²) in [5.41, 5.74) is 0. The van der Waals surface area contributed by atoms with Gasteiger partial charge in [0.2, 0.25) is 0 Å². The summed E-state index contributed by atoms with van der Waals surface area (Å²) in [5, 5.41) is 0. The average Bonchev–Trinajstić information content (AvgIpc) is 3.11. The summed E-state index contributed by atoms with van der Waals surface area (Å²) in [7, 11) is 7.49. The van der Waals surface area contributed by atoms with Crippen LogP contribution in [0, 0.1) is 17.8 Å². The second-order valence-electron chi connectivity index (χ2n) is 8.21. The normalized spacial score (nSPS) is 26.9. The van der Waals surface area contributed by atoms with Crippen molar-refractivity contribution in [2.45, 2.75) is 90.4 Å². The van der Waals surface area contributed by atoms with Gasteiger partial charge in [0.25, 0.3) is 0 Å². The van der Waals surface area contributed by atoms with Gasteiger partial charge in [0, 0.05) is 0 Å². The zero-order valence-corrected chi connectivity index (χ0v) is 16.8. The van der Waals surface area contributed by atoms with Gasteiger partial charge < -0.3 is 0 Å². The van der Waals surface area contributed by atoms with Crippen LogP contribution in [0.15, 0.2) is 0 Å². The zero-order valence-electron chi connectivity index (χ0n) is 13.2. The van der Waals surface area contributed by atoms with Crippen molar-refractivity contribution in [3.8, 4) is 0 Å². The molecule has 0 aromatic heterocycles. The van der Waals surface area contributed by atoms with Gasteiger partial charge in [-0.05, 0) is 0 Å². The zero-order chi connectivity index (χ0) is 13.8. The predicted molar refractivity (Wildman–Crippen MR) is 91.9 cm³/mol. The topological polar surface area (TPSA) is 0 Å². The molecule has 0 aliphatic heterocycles. The van der Waals surface area contributed by atoms with Gasteiger partial charge in [0.15, 0.2) is 0 Å². The maximum absolute atomic E-state index is 7.49. The standard InChI is InChI=1S/3C6H11.ClH.Sn/c3*1-6-4-2-3-5-6;;/h3*6H,1-5H2;1H;/q;;;;+1/p-1. The molecule has 116 valence electrons. The molecule has 0 unspecified atom stereocenters. The number of hydrogen-bond donors (Lipinski definition) is 0. The van der Waals surface area contributed by atoms with Gasteiger partial charge in [0.05, 0.1) is 0 Å². The van der Waals surface area contributed by atoms with Crippen LogP contribution in [0.2, 0.25) is 13.3 Å². The quantitative estimate of drug-likeness (QED) is 0.431. The van der Waals surface area contributed by atoms with Crippen LogP contribution in [0.1, 0.15) is 77.0 Å². The van der Waals surface area contributed by atoms with Crippen LogP contribution in [0.4, 0.5) is 0 Å². The van der Waals surface area contributed by atoms with Crippen molar-refractivity contribution in [2.75, 3.05) is 0 Å². The Hall–Kier alpha value is 1.09. The minimum absolute atomic E-state index is 1.05. The summed E-state index contributed by atoms with van der Waals surface area (Å²) >= 11 is -2.31. The Bertz CT molecular complexity index is 240. The van der Waals surface area contributed by atoms with Crippen LogP contribution in [0.5, 0.6) is 0 Å². The second kappa shape index (κ2) is 7.57. The maximum atomic E-state index is 7.49. The van der Waals surface area contributed by atoms with Crippen molar-refractivity contribution >= 4 is 26.2 Å². The van der Waals surface area contributed by atoms with Gasteiger partial charge in [0.1, 0.15) is 0 Å². The Morgan fingerprint density at radius 1 is 0.550 bits per heavy atom. The third kappa shape index (κ3) is 4.54. The molecule has 0 aromatic rings. The van der Waals surface area contributed by atoms with Crippen molar-refractivity contribution in [1.29, 1.82) is 0 Å². The first kappa shape index (κ1) is 16.0. The average molecular weight is 404 g/mol. The monoisotopic (exact) mass is 404 g/mol. The number of hydrogen-bond acceptors (Lipinski definition) is 0. The van der Waals surface area contributed by atoms with Crippen molar-refractivity contribution in [3.63, 3.8) is 0 Å². The summed E-state index contributed by atoms with van der Waals surface area (Å²) in [6.45, 7) is 0. The summed E-state index contributed by atoms with van der Waals surface area (Å²) in [5.74, 6) is 3.14. The molecule has 0 amide bonds. The molecule has 0 bridgehead atoms. The molecule has 3 saturated carbocycles. The van der Waals surface area contributed by atoms with Crippen LogP contribution in [0.25, 0.3) is 0 Å². The van der Waals surface area contributed by atoms with E-state index in [1.54, 1.807) is 13.3 Å². The summed E-state index contributed by atoms with van der Waals surface area (Å²) in [4.78, 5) is 0. The summed E-state index contributed by atoms with van der Waals surface area (Å²) in [6, 6.07) is 0. The van der Waals surface area contributed by atoms with Crippen LogP contribution >= 0.6 is 8.92 Å². The van der Waals surface area contributed by atoms with Gasteiger partial charge >= 0.3 is 134 Å². The van der Waals surface area contributed by atoms with E-state index in [2.05, 4.69) is 0 Å². The van der Waals surface area contributed by atoms with E-state index in [1.165, 1.54) is 77.0 Å². The van der Waals surface area contributed by atoms with Crippen LogP contribution in [-0.4, -0.2) is 17.3 Å². The fourth-order valence-corrected chi connectivity index (χ4v) is 23.6. The molecule has 0 spiro atoms. The molecular formula is C18H33ClSn. The van der Waals surface area contributed by atoms with E-state index in [0.717, 1.165) is 17.8 Å². The first-order valence-corrected chi connectivity index (χ1v) is 19.1. The molecule has 2 heteroatoms. The fraction of sp³-hybridized carbons (Fsp3) is 1.00. The van der Waals surface area contributed by atoms with Crippen molar-refractivity contribution in [3.05, 3.63) is 0 Å². The molecule has 0 radical (unpaired) electrons. The van der Waals surface area contributed by atoms with E-state index < -0.39 is 17.3 Å². The van der Waals surface area contributed by atoms with Gasteiger partial charge in [-0.3, -0.25) is 0 Å². The Balaban J connectivity index is 1.59. The van der Waals surface area contributed by atoms with E-state index in [4.69, 9.17) is 8.92 Å². The molecule has 3 aliphatic carbocycles. The fourth-order valence-electron chi connectivity index (χ4n) is 5.45. The minimum atomic E-state index is -2.31. The van der Waals surface area contributed by atoms with Crippen LogP contribution < -0.4 is 0 Å². The van der Waals surface area contributed by atoms with E-state index in [-0.39, 0.29) is 0 Å². The molecule has 0 aromatic carbocycles. The predicted octanol–water partition coefficient (Wildman–Crippen LogP) is 6.74. The Labute approximate surface area is 134 Å². The molecule has 3 rings (SSSR count).